The zero-order valence-electron chi connectivity index (χ0n) is 11.1. The summed E-state index contributed by atoms with van der Waals surface area (Å²) in [4.78, 5) is 32.6. The molecule has 0 bridgehead atoms. The molecule has 0 heterocycles. The van der Waals surface area contributed by atoms with Crippen LogP contribution in [0.25, 0.3) is 0 Å². The van der Waals surface area contributed by atoms with Gasteiger partial charge in [-0.15, -0.1) is 0 Å². The number of hydrogen-bond acceptors (Lipinski definition) is 6. The Labute approximate surface area is 125 Å². The molecule has 0 aliphatic rings. The van der Waals surface area contributed by atoms with Crippen LogP contribution < -0.4 is 5.32 Å². The van der Waals surface area contributed by atoms with Gasteiger partial charge in [-0.3, -0.25) is 14.9 Å². The summed E-state index contributed by atoms with van der Waals surface area (Å²) >= 11 is 5.80. The van der Waals surface area contributed by atoms with E-state index >= 15 is 0 Å². The molecule has 8 nitrogen and oxygen atoms in total. The van der Waals surface area contributed by atoms with Gasteiger partial charge in [0.1, 0.15) is 6.61 Å². The van der Waals surface area contributed by atoms with Crippen molar-refractivity contribution < 1.29 is 24.0 Å². The summed E-state index contributed by atoms with van der Waals surface area (Å²) in [6.45, 7) is 1.34. The topological polar surface area (TPSA) is 108 Å². The summed E-state index contributed by atoms with van der Waals surface area (Å²) in [5.74, 6) is -1.28. The number of non-ortho nitro benzene ring substituents is 1. The minimum Gasteiger partial charge on any atom is -0.454 e. The molecular formula is C12H13ClN2O6. The Morgan fingerprint density at radius 3 is 2.67 bits per heavy atom. The quantitative estimate of drug-likeness (QED) is 0.466. The van der Waals surface area contributed by atoms with E-state index in [0.717, 1.165) is 6.07 Å². The molecule has 0 aliphatic heterocycles. The molecule has 1 aromatic carbocycles. The molecule has 9 heteroatoms. The van der Waals surface area contributed by atoms with Crippen LogP contribution in [-0.2, 0) is 19.1 Å². The number of nitrogens with one attached hydrogen (secondary N) is 1. The number of carbonyl (C=O) groups is 2. The van der Waals surface area contributed by atoms with Gasteiger partial charge in [0.2, 0.25) is 0 Å². The molecule has 0 aliphatic carbocycles. The molecule has 0 aromatic heterocycles. The fraction of sp³-hybridized carbons (Fsp3) is 0.333. The summed E-state index contributed by atoms with van der Waals surface area (Å²) in [6.07, 6.45) is 0. The molecule has 0 spiro atoms. The van der Waals surface area contributed by atoms with E-state index in [2.05, 4.69) is 10.1 Å². The van der Waals surface area contributed by atoms with Crippen molar-refractivity contribution in [2.24, 2.45) is 0 Å². The van der Waals surface area contributed by atoms with Crippen LogP contribution in [0.3, 0.4) is 0 Å². The molecule has 0 saturated heterocycles. The number of anilines is 1. The first-order valence-corrected chi connectivity index (χ1v) is 6.29. The molecule has 0 saturated carbocycles. The van der Waals surface area contributed by atoms with Crippen molar-refractivity contribution in [3.05, 3.63) is 33.3 Å². The van der Waals surface area contributed by atoms with E-state index < -0.39 is 23.4 Å². The van der Waals surface area contributed by atoms with E-state index in [-0.39, 0.29) is 23.0 Å². The van der Waals surface area contributed by atoms with Crippen LogP contribution in [0.1, 0.15) is 6.92 Å². The zero-order chi connectivity index (χ0) is 15.8. The highest BCUT2D eigenvalue weighted by molar-refractivity contribution is 6.34. The average molecular weight is 317 g/mol. The number of carbonyl (C=O) groups excluding carboxylic acids is 2. The molecule has 1 N–H and O–H groups in total. The van der Waals surface area contributed by atoms with Gasteiger partial charge >= 0.3 is 5.97 Å². The van der Waals surface area contributed by atoms with Gasteiger partial charge < -0.3 is 14.8 Å². The summed E-state index contributed by atoms with van der Waals surface area (Å²) in [5.41, 5.74) is -0.00531. The highest BCUT2D eigenvalue weighted by Crippen LogP contribution is 2.26. The molecular weight excluding hydrogens is 304 g/mol. The van der Waals surface area contributed by atoms with Crippen LogP contribution in [0.2, 0.25) is 5.02 Å². The molecule has 1 amide bonds. The lowest BCUT2D eigenvalue weighted by atomic mass is 10.3. The van der Waals surface area contributed by atoms with Gasteiger partial charge in [0.25, 0.3) is 11.6 Å². The number of nitro groups is 1. The number of nitro benzene ring substituents is 1. The monoisotopic (exact) mass is 316 g/mol. The van der Waals surface area contributed by atoms with Crippen molar-refractivity contribution >= 4 is 34.9 Å². The second kappa shape index (κ2) is 8.18. The molecule has 0 fully saturated rings. The molecule has 0 atom stereocenters. The Bertz CT molecular complexity index is 549. The molecule has 0 unspecified atom stereocenters. The second-order valence-electron chi connectivity index (χ2n) is 3.77. The van der Waals surface area contributed by atoms with Crippen molar-refractivity contribution in [2.75, 3.05) is 25.1 Å². The number of benzene rings is 1. The first-order chi connectivity index (χ1) is 9.93. The number of esters is 1. The van der Waals surface area contributed by atoms with Crippen LogP contribution in [-0.4, -0.2) is 36.6 Å². The maximum atomic E-state index is 11.5. The van der Waals surface area contributed by atoms with E-state index in [4.69, 9.17) is 16.3 Å². The number of rotatable bonds is 7. The van der Waals surface area contributed by atoms with Crippen molar-refractivity contribution in [1.82, 2.24) is 0 Å². The predicted octanol–water partition coefficient (Wildman–Crippen LogP) is 1.77. The van der Waals surface area contributed by atoms with Gasteiger partial charge in [-0.05, 0) is 13.0 Å². The zero-order valence-corrected chi connectivity index (χ0v) is 11.9. The summed E-state index contributed by atoms with van der Waals surface area (Å²) in [6, 6.07) is 3.60. The Morgan fingerprint density at radius 1 is 1.38 bits per heavy atom. The second-order valence-corrected chi connectivity index (χ2v) is 4.17. The van der Waals surface area contributed by atoms with Gasteiger partial charge in [0.05, 0.1) is 15.6 Å². The van der Waals surface area contributed by atoms with E-state index in [0.29, 0.717) is 6.61 Å². The number of amides is 1. The Balaban J connectivity index is 2.51. The van der Waals surface area contributed by atoms with Crippen LogP contribution in [0.15, 0.2) is 18.2 Å². The largest absolute Gasteiger partial charge is 0.454 e. The maximum Gasteiger partial charge on any atom is 0.332 e. The molecule has 114 valence electrons. The third-order valence-corrected chi connectivity index (χ3v) is 2.54. The van der Waals surface area contributed by atoms with E-state index in [9.17, 15) is 19.7 Å². The highest BCUT2D eigenvalue weighted by Gasteiger charge is 2.12. The lowest BCUT2D eigenvalue weighted by Crippen LogP contribution is -2.23. The summed E-state index contributed by atoms with van der Waals surface area (Å²) in [7, 11) is 0. The average Bonchev–Trinajstić information content (AvgIpc) is 2.44. The van der Waals surface area contributed by atoms with Crippen LogP contribution in [0.5, 0.6) is 0 Å². The van der Waals surface area contributed by atoms with Gasteiger partial charge in [-0.1, -0.05) is 11.6 Å². The smallest absolute Gasteiger partial charge is 0.332 e. The minimum absolute atomic E-state index is 0.0122. The third-order valence-electron chi connectivity index (χ3n) is 2.23. The SMILES string of the molecule is CCOCC(=O)OCC(=O)Nc1ccc([N+](=O)[O-])cc1Cl. The van der Waals surface area contributed by atoms with Crippen molar-refractivity contribution in [1.29, 1.82) is 0 Å². The maximum absolute atomic E-state index is 11.5. The lowest BCUT2D eigenvalue weighted by molar-refractivity contribution is -0.384. The molecule has 0 radical (unpaired) electrons. The normalized spacial score (nSPS) is 10.0. The number of ether oxygens (including phenoxy) is 2. The van der Waals surface area contributed by atoms with E-state index in [1.165, 1.54) is 12.1 Å². The first kappa shape index (κ1) is 16.9. The Kier molecular flexibility index (Phi) is 6.57. The fourth-order valence-corrected chi connectivity index (χ4v) is 1.50. The van der Waals surface area contributed by atoms with Crippen molar-refractivity contribution in [3.63, 3.8) is 0 Å². The van der Waals surface area contributed by atoms with Crippen LogP contribution in [0, 0.1) is 10.1 Å². The van der Waals surface area contributed by atoms with Gasteiger partial charge in [0.15, 0.2) is 6.61 Å². The predicted molar refractivity (Wildman–Crippen MR) is 74.2 cm³/mol. The summed E-state index contributed by atoms with van der Waals surface area (Å²) < 4.78 is 9.46. The van der Waals surface area contributed by atoms with Crippen molar-refractivity contribution in [2.45, 2.75) is 6.92 Å². The Hall–Kier alpha value is -2.19. The standard InChI is InChI=1S/C12H13ClN2O6/c1-2-20-7-12(17)21-6-11(16)14-10-4-3-8(15(18)19)5-9(10)13/h3-5H,2,6-7H2,1H3,(H,14,16). The highest BCUT2D eigenvalue weighted by atomic mass is 35.5. The molecule has 21 heavy (non-hydrogen) atoms. The van der Waals surface area contributed by atoms with Gasteiger partial charge in [-0.2, -0.15) is 0 Å². The summed E-state index contributed by atoms with van der Waals surface area (Å²) in [5, 5.41) is 12.9. The number of nitrogens with zero attached hydrogens (tertiary/aromatic N) is 1. The number of halogens is 1. The van der Waals surface area contributed by atoms with Gasteiger partial charge in [0, 0.05) is 18.7 Å². The first-order valence-electron chi connectivity index (χ1n) is 5.91. The van der Waals surface area contributed by atoms with Crippen LogP contribution in [0.4, 0.5) is 11.4 Å². The van der Waals surface area contributed by atoms with Crippen LogP contribution >= 0.6 is 11.6 Å². The number of hydrogen-bond donors (Lipinski definition) is 1. The minimum atomic E-state index is -0.665. The van der Waals surface area contributed by atoms with E-state index in [1.807, 2.05) is 0 Å². The third kappa shape index (κ3) is 5.76. The van der Waals surface area contributed by atoms with Gasteiger partial charge in [-0.25, -0.2) is 4.79 Å². The molecule has 1 rings (SSSR count). The fourth-order valence-electron chi connectivity index (χ4n) is 1.28. The molecule has 1 aromatic rings. The Morgan fingerprint density at radius 2 is 2.10 bits per heavy atom. The van der Waals surface area contributed by atoms with Crippen molar-refractivity contribution in [3.8, 4) is 0 Å². The van der Waals surface area contributed by atoms with E-state index in [1.54, 1.807) is 6.92 Å². The lowest BCUT2D eigenvalue weighted by Gasteiger charge is -2.08.